The molecule has 1 aromatic heterocycles. The van der Waals surface area contributed by atoms with E-state index in [0.29, 0.717) is 0 Å². The second-order valence-electron chi connectivity index (χ2n) is 6.82. The molecule has 1 aliphatic heterocycles. The molecule has 0 spiro atoms. The van der Waals surface area contributed by atoms with Crippen LogP contribution in [0.3, 0.4) is 0 Å². The molecule has 0 bridgehead atoms. The Morgan fingerprint density at radius 2 is 1.96 bits per heavy atom. The molecule has 1 aliphatic carbocycles. The fourth-order valence-electron chi connectivity index (χ4n) is 3.72. The number of alkyl halides is 3. The SMILES string of the molecule is O=c1[nH]ccc2c1Nc1ccc(F)cc1C2(CNC1CCC1)C(F)(F)F. The summed E-state index contributed by atoms with van der Waals surface area (Å²) in [4.78, 5) is 14.6. The molecular formula is C18H17F4N3O. The van der Waals surface area contributed by atoms with Crippen molar-refractivity contribution in [3.8, 4) is 0 Å². The molecule has 1 fully saturated rings. The number of hydrogen-bond donors (Lipinski definition) is 3. The average Bonchev–Trinajstić information content (AvgIpc) is 2.52. The smallest absolute Gasteiger partial charge is 0.351 e. The first-order valence-electron chi connectivity index (χ1n) is 8.42. The van der Waals surface area contributed by atoms with E-state index in [2.05, 4.69) is 15.6 Å². The number of hydrogen-bond acceptors (Lipinski definition) is 3. The lowest BCUT2D eigenvalue weighted by Crippen LogP contribution is -2.55. The van der Waals surface area contributed by atoms with Gasteiger partial charge in [0.2, 0.25) is 0 Å². The first kappa shape index (κ1) is 17.1. The lowest BCUT2D eigenvalue weighted by molar-refractivity contribution is -0.177. The Labute approximate surface area is 146 Å². The van der Waals surface area contributed by atoms with Gasteiger partial charge in [0.05, 0.1) is 0 Å². The summed E-state index contributed by atoms with van der Waals surface area (Å²) in [5.41, 5.74) is -3.62. The minimum atomic E-state index is -4.73. The third-order valence-electron chi connectivity index (χ3n) is 5.37. The Morgan fingerprint density at radius 1 is 1.19 bits per heavy atom. The van der Waals surface area contributed by atoms with Crippen LogP contribution in [0.25, 0.3) is 0 Å². The van der Waals surface area contributed by atoms with Crippen molar-refractivity contribution in [1.29, 1.82) is 0 Å². The van der Waals surface area contributed by atoms with E-state index >= 15 is 0 Å². The van der Waals surface area contributed by atoms with Crippen molar-refractivity contribution >= 4 is 11.4 Å². The Bertz CT molecular complexity index is 904. The second kappa shape index (κ2) is 5.84. The van der Waals surface area contributed by atoms with E-state index < -0.39 is 29.5 Å². The quantitative estimate of drug-likeness (QED) is 0.727. The Hall–Kier alpha value is -2.35. The zero-order valence-corrected chi connectivity index (χ0v) is 13.7. The number of halogens is 4. The third-order valence-corrected chi connectivity index (χ3v) is 5.37. The van der Waals surface area contributed by atoms with Crippen LogP contribution < -0.4 is 16.2 Å². The number of anilines is 2. The van der Waals surface area contributed by atoms with Crippen LogP contribution in [0, 0.1) is 5.82 Å². The van der Waals surface area contributed by atoms with Crippen LogP contribution in [0.2, 0.25) is 0 Å². The second-order valence-corrected chi connectivity index (χ2v) is 6.82. The summed E-state index contributed by atoms with van der Waals surface area (Å²) in [5.74, 6) is -0.754. The number of aromatic amines is 1. The van der Waals surface area contributed by atoms with Crippen molar-refractivity contribution in [2.24, 2.45) is 0 Å². The van der Waals surface area contributed by atoms with E-state index in [1.165, 1.54) is 18.3 Å². The Morgan fingerprint density at radius 3 is 2.62 bits per heavy atom. The van der Waals surface area contributed by atoms with Crippen molar-refractivity contribution in [2.45, 2.75) is 36.9 Å². The minimum Gasteiger partial charge on any atom is -0.351 e. The molecule has 1 atom stereocenters. The molecule has 2 aliphatic rings. The molecule has 138 valence electrons. The molecule has 3 N–H and O–H groups in total. The number of nitrogens with one attached hydrogen (secondary N) is 3. The van der Waals surface area contributed by atoms with E-state index in [-0.39, 0.29) is 28.5 Å². The fraction of sp³-hybridized carbons (Fsp3) is 0.389. The van der Waals surface area contributed by atoms with Crippen LogP contribution in [0.5, 0.6) is 0 Å². The van der Waals surface area contributed by atoms with Gasteiger partial charge >= 0.3 is 6.18 Å². The van der Waals surface area contributed by atoms with Gasteiger partial charge in [0.1, 0.15) is 16.9 Å². The highest BCUT2D eigenvalue weighted by Crippen LogP contribution is 2.53. The van der Waals surface area contributed by atoms with Crippen LogP contribution >= 0.6 is 0 Å². The lowest BCUT2D eigenvalue weighted by Gasteiger charge is -2.43. The summed E-state index contributed by atoms with van der Waals surface area (Å²) in [6, 6.07) is 4.47. The molecule has 4 rings (SSSR count). The van der Waals surface area contributed by atoms with Gasteiger partial charge < -0.3 is 15.6 Å². The average molecular weight is 367 g/mol. The van der Waals surface area contributed by atoms with E-state index in [9.17, 15) is 22.4 Å². The highest BCUT2D eigenvalue weighted by molar-refractivity contribution is 5.76. The molecule has 0 amide bonds. The maximum Gasteiger partial charge on any atom is 0.403 e. The molecule has 1 saturated carbocycles. The summed E-state index contributed by atoms with van der Waals surface area (Å²) in [6.07, 6.45) is -0.942. The van der Waals surface area contributed by atoms with Crippen molar-refractivity contribution in [3.63, 3.8) is 0 Å². The zero-order chi connectivity index (χ0) is 18.5. The lowest BCUT2D eigenvalue weighted by atomic mass is 9.70. The van der Waals surface area contributed by atoms with E-state index in [1.807, 2.05) is 0 Å². The highest BCUT2D eigenvalue weighted by Gasteiger charge is 2.60. The van der Waals surface area contributed by atoms with E-state index in [1.54, 1.807) is 0 Å². The molecule has 0 radical (unpaired) electrons. The van der Waals surface area contributed by atoms with Gasteiger partial charge in [0.25, 0.3) is 5.56 Å². The zero-order valence-electron chi connectivity index (χ0n) is 13.7. The predicted molar refractivity (Wildman–Crippen MR) is 89.2 cm³/mol. The van der Waals surface area contributed by atoms with Gasteiger partial charge in [-0.3, -0.25) is 4.79 Å². The molecule has 8 heteroatoms. The highest BCUT2D eigenvalue weighted by atomic mass is 19.4. The molecular weight excluding hydrogens is 350 g/mol. The third kappa shape index (κ3) is 2.43. The number of fused-ring (bicyclic) bond motifs is 2. The monoisotopic (exact) mass is 367 g/mol. The fourth-order valence-corrected chi connectivity index (χ4v) is 3.72. The molecule has 1 aromatic carbocycles. The molecule has 2 heterocycles. The van der Waals surface area contributed by atoms with Crippen LogP contribution in [0.1, 0.15) is 30.4 Å². The Balaban J connectivity index is 1.97. The molecule has 0 saturated heterocycles. The molecule has 2 aromatic rings. The predicted octanol–water partition coefficient (Wildman–Crippen LogP) is 3.56. The van der Waals surface area contributed by atoms with Gasteiger partial charge in [-0.25, -0.2) is 4.39 Å². The number of benzene rings is 1. The maximum atomic E-state index is 14.5. The van der Waals surface area contributed by atoms with E-state index in [4.69, 9.17) is 0 Å². The number of pyridine rings is 1. The Kier molecular flexibility index (Phi) is 3.83. The van der Waals surface area contributed by atoms with Gasteiger partial charge in [-0.2, -0.15) is 13.2 Å². The van der Waals surface area contributed by atoms with Crippen LogP contribution in [0.15, 0.2) is 35.3 Å². The number of rotatable bonds is 3. The van der Waals surface area contributed by atoms with Gasteiger partial charge in [-0.05, 0) is 42.7 Å². The van der Waals surface area contributed by atoms with Crippen molar-refractivity contribution in [1.82, 2.24) is 10.3 Å². The van der Waals surface area contributed by atoms with Crippen LogP contribution in [-0.4, -0.2) is 23.7 Å². The van der Waals surface area contributed by atoms with Gasteiger partial charge in [-0.15, -0.1) is 0 Å². The van der Waals surface area contributed by atoms with Crippen molar-refractivity contribution in [2.75, 3.05) is 11.9 Å². The van der Waals surface area contributed by atoms with Gasteiger partial charge in [0, 0.05) is 30.0 Å². The summed E-state index contributed by atoms with van der Waals surface area (Å²) in [7, 11) is 0. The summed E-state index contributed by atoms with van der Waals surface area (Å²) < 4.78 is 57.3. The van der Waals surface area contributed by atoms with Crippen LogP contribution in [0.4, 0.5) is 28.9 Å². The molecule has 26 heavy (non-hydrogen) atoms. The van der Waals surface area contributed by atoms with Gasteiger partial charge in [0.15, 0.2) is 0 Å². The van der Waals surface area contributed by atoms with Crippen molar-refractivity contribution in [3.05, 3.63) is 57.8 Å². The number of aromatic nitrogens is 1. The topological polar surface area (TPSA) is 56.9 Å². The summed E-state index contributed by atoms with van der Waals surface area (Å²) >= 11 is 0. The minimum absolute atomic E-state index is 0.00608. The molecule has 4 nitrogen and oxygen atoms in total. The van der Waals surface area contributed by atoms with Gasteiger partial charge in [-0.1, -0.05) is 6.42 Å². The summed E-state index contributed by atoms with van der Waals surface area (Å²) in [6.45, 7) is -0.449. The maximum absolute atomic E-state index is 14.5. The first-order chi connectivity index (χ1) is 12.3. The largest absolute Gasteiger partial charge is 0.403 e. The molecule has 1 unspecified atom stereocenters. The number of H-pyrrole nitrogens is 1. The standard InChI is InChI=1S/C18H17F4N3O/c19-10-4-5-14-13(8-10)17(18(20,21)22,9-24-11-2-1-3-11)12-6-7-23-16(26)15(12)25-14/h4-8,11,24-25H,1-3,9H2,(H,23,26). The van der Waals surface area contributed by atoms with Crippen molar-refractivity contribution < 1.29 is 17.6 Å². The first-order valence-corrected chi connectivity index (χ1v) is 8.42. The summed E-state index contributed by atoms with van der Waals surface area (Å²) in [5, 5.41) is 5.71. The van der Waals surface area contributed by atoms with E-state index in [0.717, 1.165) is 31.4 Å². The van der Waals surface area contributed by atoms with Crippen LogP contribution in [-0.2, 0) is 5.41 Å². The normalized spacial score (nSPS) is 22.2.